The molecule has 0 aliphatic carbocycles. The zero-order valence-corrected chi connectivity index (χ0v) is 16.5. The summed E-state index contributed by atoms with van der Waals surface area (Å²) in [6, 6.07) is 6.77. The molecule has 0 saturated carbocycles. The van der Waals surface area contributed by atoms with E-state index in [2.05, 4.69) is 5.32 Å². The number of ether oxygens (including phenoxy) is 1. The number of carbonyl (C=O) groups excluding carboxylic acids is 1. The predicted molar refractivity (Wildman–Crippen MR) is 102 cm³/mol. The maximum absolute atomic E-state index is 12.7. The van der Waals surface area contributed by atoms with Gasteiger partial charge in [0.25, 0.3) is 0 Å². The third-order valence-corrected chi connectivity index (χ3v) is 7.56. The Labute approximate surface area is 161 Å². The van der Waals surface area contributed by atoms with Crippen molar-refractivity contribution < 1.29 is 17.9 Å². The molecule has 27 heavy (non-hydrogen) atoms. The second-order valence-electron chi connectivity index (χ2n) is 7.39. The second kappa shape index (κ2) is 8.68. The number of hydrogen-bond acceptors (Lipinski definition) is 5. The standard InChI is InChI=1S/C19H29N3O4S/c20-15-19(8-12-26-13-9-19)18(23)21-14-16-4-6-17(7-5-16)27(24,25)22-10-2-1-3-11-22/h4-7H,1-3,8-15,20H2,(H,21,23). The van der Waals surface area contributed by atoms with Crippen molar-refractivity contribution in [2.75, 3.05) is 32.8 Å². The van der Waals surface area contributed by atoms with Crippen LogP contribution in [0, 0.1) is 5.41 Å². The van der Waals surface area contributed by atoms with Gasteiger partial charge in [-0.2, -0.15) is 4.31 Å². The van der Waals surface area contributed by atoms with Gasteiger partial charge in [0.1, 0.15) is 0 Å². The normalized spacial score (nSPS) is 20.9. The summed E-state index contributed by atoms with van der Waals surface area (Å²) in [6.45, 7) is 2.93. The van der Waals surface area contributed by atoms with Crippen molar-refractivity contribution in [3.8, 4) is 0 Å². The van der Waals surface area contributed by atoms with E-state index >= 15 is 0 Å². The first-order valence-electron chi connectivity index (χ1n) is 9.63. The molecule has 0 aromatic heterocycles. The highest BCUT2D eigenvalue weighted by Gasteiger charge is 2.38. The topological polar surface area (TPSA) is 102 Å². The fourth-order valence-electron chi connectivity index (χ4n) is 3.69. The van der Waals surface area contributed by atoms with Gasteiger partial charge in [-0.05, 0) is 43.4 Å². The van der Waals surface area contributed by atoms with E-state index < -0.39 is 15.4 Å². The zero-order valence-electron chi connectivity index (χ0n) is 15.7. The Kier molecular flexibility index (Phi) is 6.52. The molecular formula is C19H29N3O4S. The molecule has 1 amide bonds. The van der Waals surface area contributed by atoms with Gasteiger partial charge in [-0.3, -0.25) is 4.79 Å². The maximum atomic E-state index is 12.7. The van der Waals surface area contributed by atoms with E-state index in [-0.39, 0.29) is 5.91 Å². The van der Waals surface area contributed by atoms with Gasteiger partial charge >= 0.3 is 0 Å². The molecule has 2 aliphatic rings. The fourth-order valence-corrected chi connectivity index (χ4v) is 5.21. The van der Waals surface area contributed by atoms with Gasteiger partial charge in [0.2, 0.25) is 15.9 Å². The smallest absolute Gasteiger partial charge is 0.243 e. The lowest BCUT2D eigenvalue weighted by Gasteiger charge is -2.34. The SMILES string of the molecule is NCC1(C(=O)NCc2ccc(S(=O)(=O)N3CCCCC3)cc2)CCOCC1. The van der Waals surface area contributed by atoms with E-state index in [1.54, 1.807) is 28.6 Å². The third-order valence-electron chi connectivity index (χ3n) is 5.65. The molecule has 0 spiro atoms. The van der Waals surface area contributed by atoms with Crippen LogP contribution in [0.4, 0.5) is 0 Å². The minimum atomic E-state index is -3.43. The van der Waals surface area contributed by atoms with Crippen molar-refractivity contribution in [3.05, 3.63) is 29.8 Å². The minimum Gasteiger partial charge on any atom is -0.381 e. The molecule has 2 saturated heterocycles. The van der Waals surface area contributed by atoms with Gasteiger partial charge in [-0.25, -0.2) is 8.42 Å². The number of hydrogen-bond donors (Lipinski definition) is 2. The van der Waals surface area contributed by atoms with Gasteiger partial charge in [-0.15, -0.1) is 0 Å². The van der Waals surface area contributed by atoms with Gasteiger partial charge in [0, 0.05) is 39.4 Å². The number of nitrogens with one attached hydrogen (secondary N) is 1. The summed E-state index contributed by atoms with van der Waals surface area (Å²) in [5, 5.41) is 2.95. The molecule has 0 radical (unpaired) electrons. The number of benzene rings is 1. The van der Waals surface area contributed by atoms with Crippen LogP contribution < -0.4 is 11.1 Å². The van der Waals surface area contributed by atoms with Crippen LogP contribution in [0.5, 0.6) is 0 Å². The first kappa shape index (κ1) is 20.3. The molecule has 2 heterocycles. The van der Waals surface area contributed by atoms with E-state index in [0.29, 0.717) is 57.1 Å². The van der Waals surface area contributed by atoms with Crippen molar-refractivity contribution >= 4 is 15.9 Å². The number of piperidine rings is 1. The molecule has 0 unspecified atom stereocenters. The van der Waals surface area contributed by atoms with Crippen LogP contribution in [0.15, 0.2) is 29.2 Å². The van der Waals surface area contributed by atoms with Crippen molar-refractivity contribution in [2.45, 2.75) is 43.5 Å². The molecule has 8 heteroatoms. The lowest BCUT2D eigenvalue weighted by molar-refractivity contribution is -0.136. The van der Waals surface area contributed by atoms with Crippen LogP contribution in [-0.2, 0) is 26.1 Å². The second-order valence-corrected chi connectivity index (χ2v) is 9.33. The molecule has 3 rings (SSSR count). The average Bonchev–Trinajstić information content (AvgIpc) is 2.73. The fraction of sp³-hybridized carbons (Fsp3) is 0.632. The number of carbonyl (C=O) groups is 1. The van der Waals surface area contributed by atoms with Crippen LogP contribution in [0.2, 0.25) is 0 Å². The van der Waals surface area contributed by atoms with Crippen LogP contribution in [0.1, 0.15) is 37.7 Å². The van der Waals surface area contributed by atoms with E-state index in [9.17, 15) is 13.2 Å². The number of sulfonamides is 1. The molecule has 7 nitrogen and oxygen atoms in total. The van der Waals surface area contributed by atoms with Crippen LogP contribution in [0.25, 0.3) is 0 Å². The Morgan fingerprint density at radius 1 is 1.11 bits per heavy atom. The summed E-state index contributed by atoms with van der Waals surface area (Å²) < 4.78 is 32.3. The Hall–Kier alpha value is -1.48. The summed E-state index contributed by atoms with van der Waals surface area (Å²) in [5.41, 5.74) is 6.16. The van der Waals surface area contributed by atoms with Crippen molar-refractivity contribution in [2.24, 2.45) is 11.1 Å². The van der Waals surface area contributed by atoms with Crippen LogP contribution >= 0.6 is 0 Å². The minimum absolute atomic E-state index is 0.0571. The molecular weight excluding hydrogens is 366 g/mol. The van der Waals surface area contributed by atoms with E-state index in [4.69, 9.17) is 10.5 Å². The highest BCUT2D eigenvalue weighted by atomic mass is 32.2. The van der Waals surface area contributed by atoms with Crippen molar-refractivity contribution in [3.63, 3.8) is 0 Å². The van der Waals surface area contributed by atoms with Gasteiger partial charge in [0.05, 0.1) is 10.3 Å². The summed E-state index contributed by atoms with van der Waals surface area (Å²) in [4.78, 5) is 12.9. The van der Waals surface area contributed by atoms with Gasteiger partial charge in [-0.1, -0.05) is 18.6 Å². The quantitative estimate of drug-likeness (QED) is 0.754. The van der Waals surface area contributed by atoms with Crippen LogP contribution in [-0.4, -0.2) is 51.5 Å². The maximum Gasteiger partial charge on any atom is 0.243 e. The van der Waals surface area contributed by atoms with E-state index in [1.165, 1.54) is 0 Å². The van der Waals surface area contributed by atoms with Crippen molar-refractivity contribution in [1.82, 2.24) is 9.62 Å². The molecule has 2 aliphatic heterocycles. The lowest BCUT2D eigenvalue weighted by atomic mass is 9.79. The van der Waals surface area contributed by atoms with E-state index in [1.807, 2.05) is 0 Å². The molecule has 0 atom stereocenters. The molecule has 1 aromatic carbocycles. The highest BCUT2D eigenvalue weighted by molar-refractivity contribution is 7.89. The molecule has 0 bridgehead atoms. The Bertz CT molecular complexity index is 737. The lowest BCUT2D eigenvalue weighted by Crippen LogP contribution is -2.48. The Balaban J connectivity index is 1.61. The molecule has 1 aromatic rings. The number of rotatable bonds is 6. The highest BCUT2D eigenvalue weighted by Crippen LogP contribution is 2.29. The molecule has 150 valence electrons. The first-order valence-corrected chi connectivity index (χ1v) is 11.1. The third kappa shape index (κ3) is 4.51. The monoisotopic (exact) mass is 395 g/mol. The van der Waals surface area contributed by atoms with Crippen LogP contribution in [0.3, 0.4) is 0 Å². The summed E-state index contributed by atoms with van der Waals surface area (Å²) in [7, 11) is -3.43. The average molecular weight is 396 g/mol. The number of amides is 1. The van der Waals surface area contributed by atoms with Gasteiger partial charge < -0.3 is 15.8 Å². The Morgan fingerprint density at radius 2 is 1.74 bits per heavy atom. The summed E-state index contributed by atoms with van der Waals surface area (Å²) in [5.74, 6) is -0.0571. The van der Waals surface area contributed by atoms with Gasteiger partial charge in [0.15, 0.2) is 0 Å². The summed E-state index contributed by atoms with van der Waals surface area (Å²) >= 11 is 0. The summed E-state index contributed by atoms with van der Waals surface area (Å²) in [6.07, 6.45) is 4.17. The first-order chi connectivity index (χ1) is 13.0. The zero-order chi connectivity index (χ0) is 19.3. The van der Waals surface area contributed by atoms with E-state index in [0.717, 1.165) is 24.8 Å². The Morgan fingerprint density at radius 3 is 2.33 bits per heavy atom. The largest absolute Gasteiger partial charge is 0.381 e. The predicted octanol–water partition coefficient (Wildman–Crippen LogP) is 1.23. The van der Waals surface area contributed by atoms with Crippen molar-refractivity contribution in [1.29, 1.82) is 0 Å². The number of nitrogens with zero attached hydrogens (tertiary/aromatic N) is 1. The molecule has 2 fully saturated rings. The number of nitrogens with two attached hydrogens (primary N) is 1. The molecule has 3 N–H and O–H groups in total.